The number of ether oxygens (including phenoxy) is 1. The van der Waals surface area contributed by atoms with Crippen molar-refractivity contribution in [3.8, 4) is 0 Å². The van der Waals surface area contributed by atoms with E-state index in [2.05, 4.69) is 20.7 Å². The van der Waals surface area contributed by atoms with Gasteiger partial charge in [-0.2, -0.15) is 8.78 Å². The molecule has 17 nitrogen and oxygen atoms in total. The minimum atomic E-state index is -5.59. The zero-order valence-electron chi connectivity index (χ0n) is 25.8. The average molecular weight is 725 g/mol. The van der Waals surface area contributed by atoms with Crippen LogP contribution in [0.2, 0.25) is 0 Å². The molecule has 0 aliphatic carbocycles. The number of hydrogen-bond acceptors (Lipinski definition) is 10. The number of alkyl carbamates (subject to hydrolysis) is 1. The smallest absolute Gasteiger partial charge is 0.408 e. The van der Waals surface area contributed by atoms with Crippen LogP contribution in [0.1, 0.15) is 62.8 Å². The number of aromatic nitrogens is 4. The van der Waals surface area contributed by atoms with E-state index < -0.39 is 51.5 Å². The number of likely N-dealkylation sites (tertiary alicyclic amines) is 1. The molecule has 1 aromatic heterocycles. The number of hydrogen-bond donors (Lipinski definition) is 7. The number of aliphatic hydroxyl groups excluding tert-OH is 1. The highest BCUT2D eigenvalue weighted by atomic mass is 31.2. The number of halogens is 2. The van der Waals surface area contributed by atoms with E-state index in [1.54, 1.807) is 11.0 Å². The first-order valence-corrected chi connectivity index (χ1v) is 18.3. The van der Waals surface area contributed by atoms with Gasteiger partial charge in [0.1, 0.15) is 6.10 Å². The predicted octanol–water partition coefficient (Wildman–Crippen LogP) is 1.94. The largest absolute Gasteiger partial charge is 0.424 e. The Labute approximate surface area is 274 Å². The molecule has 3 rings (SSSR count). The zero-order chi connectivity index (χ0) is 35.6. The lowest BCUT2D eigenvalue weighted by Gasteiger charge is -2.29. The Kier molecular flexibility index (Phi) is 13.9. The summed E-state index contributed by atoms with van der Waals surface area (Å²) in [6, 6.07) is 6.67. The monoisotopic (exact) mass is 724 g/mol. The first kappa shape index (κ1) is 39.3. The van der Waals surface area contributed by atoms with Gasteiger partial charge >= 0.3 is 27.2 Å². The van der Waals surface area contributed by atoms with Crippen molar-refractivity contribution in [1.82, 2.24) is 30.4 Å². The van der Waals surface area contributed by atoms with Crippen LogP contribution in [0.5, 0.6) is 0 Å². The number of nitrogens with one attached hydrogen (secondary N) is 1. The Morgan fingerprint density at radius 3 is 2.42 bits per heavy atom. The van der Waals surface area contributed by atoms with Gasteiger partial charge in [-0.25, -0.2) is 4.79 Å². The first-order valence-electron chi connectivity index (χ1n) is 15.1. The Balaban J connectivity index is 1.32. The quantitative estimate of drug-likeness (QED) is 0.0621. The molecule has 1 aliphatic heterocycles. The summed E-state index contributed by atoms with van der Waals surface area (Å²) in [6.07, 6.45) is 2.30. The normalized spacial score (nSPS) is 16.9. The SMILES string of the molecule is O=C(NCCCC(O)(P(=O)(O)O)P(=O)(O)O)OCn1nnc(CCCCCCN2C(=O)CC[C@@H]2/C=C/[C@@H](O)C(F)(F)c2ccccc2)n1. The van der Waals surface area contributed by atoms with Crippen molar-refractivity contribution < 1.29 is 62.0 Å². The van der Waals surface area contributed by atoms with Crippen molar-refractivity contribution in [2.24, 2.45) is 0 Å². The van der Waals surface area contributed by atoms with Gasteiger partial charge in [-0.15, -0.1) is 15.0 Å². The number of aliphatic hydroxyl groups is 2. The minimum Gasteiger partial charge on any atom is -0.424 e. The average Bonchev–Trinajstić information content (AvgIpc) is 3.63. The van der Waals surface area contributed by atoms with Gasteiger partial charge < -0.3 is 44.7 Å². The summed E-state index contributed by atoms with van der Waals surface area (Å²) in [5.41, 5.74) is -0.296. The molecule has 1 saturated heterocycles. The molecular weight excluding hydrogens is 684 g/mol. The molecule has 48 heavy (non-hydrogen) atoms. The molecule has 1 aromatic carbocycles. The van der Waals surface area contributed by atoms with Crippen LogP contribution in [0.3, 0.4) is 0 Å². The number of rotatable bonds is 19. The lowest BCUT2D eigenvalue weighted by Crippen LogP contribution is -2.34. The second kappa shape index (κ2) is 17.0. The first-order chi connectivity index (χ1) is 22.5. The number of aryl methyl sites for hydroxylation is 1. The van der Waals surface area contributed by atoms with Crippen molar-refractivity contribution in [2.75, 3.05) is 13.1 Å². The standard InChI is InChI=1S/C27H40F2N6O11P2/c28-27(29,20-9-4-3-5-10-20)22(36)14-12-21-13-15-24(37)34(21)18-7-2-1-6-11-23-31-33-35(32-23)19-46-25(38)30-17-8-16-26(39,47(40,41)42)48(43,44)45/h3-5,9-10,12,14,21-22,36,39H,1-2,6-8,11,13,15-19H2,(H,30,38)(H2,40,41,42)(H2,43,44,45)/b14-12+/t21-,22+/m0/s1. The molecule has 21 heteroatoms. The Morgan fingerprint density at radius 2 is 1.75 bits per heavy atom. The van der Waals surface area contributed by atoms with E-state index in [1.807, 2.05) is 0 Å². The topological polar surface area (TPSA) is 258 Å². The van der Waals surface area contributed by atoms with E-state index in [-0.39, 0.29) is 30.5 Å². The van der Waals surface area contributed by atoms with Crippen molar-refractivity contribution in [1.29, 1.82) is 0 Å². The highest BCUT2D eigenvalue weighted by Crippen LogP contribution is 2.69. The number of amides is 2. The molecule has 2 heterocycles. The summed E-state index contributed by atoms with van der Waals surface area (Å²) < 4.78 is 56.8. The molecule has 0 saturated carbocycles. The number of unbranched alkanes of at least 4 members (excludes halogenated alkanes) is 3. The van der Waals surface area contributed by atoms with Gasteiger partial charge in [0, 0.05) is 37.9 Å². The Hall–Kier alpha value is -3.15. The van der Waals surface area contributed by atoms with Gasteiger partial charge in [-0.3, -0.25) is 13.9 Å². The van der Waals surface area contributed by atoms with Crippen LogP contribution in [0.15, 0.2) is 42.5 Å². The third-order valence-electron chi connectivity index (χ3n) is 7.67. The molecule has 268 valence electrons. The van der Waals surface area contributed by atoms with Gasteiger partial charge in [-0.05, 0) is 30.9 Å². The third-order valence-corrected chi connectivity index (χ3v) is 11.5. The molecule has 2 aromatic rings. The fourth-order valence-corrected chi connectivity index (χ4v) is 7.18. The Bertz CT molecular complexity index is 1470. The highest BCUT2D eigenvalue weighted by molar-refractivity contribution is 7.72. The molecule has 0 unspecified atom stereocenters. The lowest BCUT2D eigenvalue weighted by atomic mass is 10.0. The van der Waals surface area contributed by atoms with Crippen molar-refractivity contribution in [2.45, 2.75) is 87.7 Å². The molecule has 2 atom stereocenters. The second-order valence-electron chi connectivity index (χ2n) is 11.2. The maximum absolute atomic E-state index is 14.6. The summed E-state index contributed by atoms with van der Waals surface area (Å²) in [7, 11) is -11.2. The van der Waals surface area contributed by atoms with Gasteiger partial charge in [-0.1, -0.05) is 55.3 Å². The predicted molar refractivity (Wildman–Crippen MR) is 163 cm³/mol. The molecule has 0 bridgehead atoms. The molecular formula is C27H40F2N6O11P2. The molecule has 0 spiro atoms. The number of alkyl halides is 2. The summed E-state index contributed by atoms with van der Waals surface area (Å²) in [5, 5.41) is 30.3. The molecule has 1 fully saturated rings. The number of carbonyl (C=O) groups excluding carboxylic acids is 2. The fourth-order valence-electron chi connectivity index (χ4n) is 4.93. The highest BCUT2D eigenvalue weighted by Gasteiger charge is 2.58. The van der Waals surface area contributed by atoms with E-state index in [1.165, 1.54) is 30.3 Å². The lowest BCUT2D eigenvalue weighted by molar-refractivity contribution is -0.128. The maximum atomic E-state index is 14.6. The van der Waals surface area contributed by atoms with Gasteiger partial charge in [0.15, 0.2) is 5.82 Å². The van der Waals surface area contributed by atoms with E-state index in [0.717, 1.165) is 23.7 Å². The fraction of sp³-hybridized carbons (Fsp3) is 0.593. The van der Waals surface area contributed by atoms with Gasteiger partial charge in [0.05, 0.1) is 6.04 Å². The molecule has 7 N–H and O–H groups in total. The van der Waals surface area contributed by atoms with E-state index in [0.29, 0.717) is 44.5 Å². The maximum Gasteiger partial charge on any atom is 0.408 e. The van der Waals surface area contributed by atoms with Crippen LogP contribution in [0.25, 0.3) is 0 Å². The van der Waals surface area contributed by atoms with Crippen LogP contribution in [0, 0.1) is 0 Å². The van der Waals surface area contributed by atoms with E-state index in [9.17, 15) is 37.7 Å². The number of carbonyl (C=O) groups is 2. The number of benzene rings is 1. The van der Waals surface area contributed by atoms with Gasteiger partial charge in [0.2, 0.25) is 12.6 Å². The molecule has 2 amide bonds. The van der Waals surface area contributed by atoms with Crippen LogP contribution in [-0.4, -0.2) is 97.2 Å². The molecule has 0 radical (unpaired) electrons. The summed E-state index contributed by atoms with van der Waals surface area (Å²) >= 11 is 0. The van der Waals surface area contributed by atoms with Crippen LogP contribution < -0.4 is 5.32 Å². The van der Waals surface area contributed by atoms with Gasteiger partial charge in [0.25, 0.3) is 5.08 Å². The van der Waals surface area contributed by atoms with Crippen molar-refractivity contribution >= 4 is 27.2 Å². The van der Waals surface area contributed by atoms with E-state index >= 15 is 0 Å². The van der Waals surface area contributed by atoms with Crippen LogP contribution in [0.4, 0.5) is 13.6 Å². The van der Waals surface area contributed by atoms with Crippen LogP contribution >= 0.6 is 15.2 Å². The van der Waals surface area contributed by atoms with Crippen LogP contribution in [-0.2, 0) is 37.7 Å². The number of tetrazole rings is 1. The van der Waals surface area contributed by atoms with E-state index in [4.69, 9.17) is 24.3 Å². The third kappa shape index (κ3) is 10.7. The zero-order valence-corrected chi connectivity index (χ0v) is 27.6. The van der Waals surface area contributed by atoms with Crippen molar-refractivity contribution in [3.63, 3.8) is 0 Å². The Morgan fingerprint density at radius 1 is 1.08 bits per heavy atom. The minimum absolute atomic E-state index is 0.0716. The summed E-state index contributed by atoms with van der Waals surface area (Å²) in [6.45, 7) is -0.299. The summed E-state index contributed by atoms with van der Waals surface area (Å²) in [4.78, 5) is 63.3. The second-order valence-corrected chi connectivity index (χ2v) is 15.2. The van der Waals surface area contributed by atoms with Crippen molar-refractivity contribution in [3.05, 3.63) is 53.9 Å². The number of nitrogens with zero attached hydrogens (tertiary/aromatic N) is 5. The molecule has 1 aliphatic rings. The summed E-state index contributed by atoms with van der Waals surface area (Å²) in [5.74, 6) is -3.15.